The predicted molar refractivity (Wildman–Crippen MR) is 99.8 cm³/mol. The maximum Gasteiger partial charge on any atom is 0.294 e. The molecule has 0 bridgehead atoms. The van der Waals surface area contributed by atoms with Crippen molar-refractivity contribution in [2.45, 2.75) is 37.6 Å². The highest BCUT2D eigenvalue weighted by Gasteiger charge is 2.28. The van der Waals surface area contributed by atoms with Gasteiger partial charge in [-0.15, -0.1) is 12.4 Å². The van der Waals surface area contributed by atoms with Gasteiger partial charge in [0.1, 0.15) is 5.69 Å². The SMILES string of the molecule is Cl.NC1(CNC(=O)c2ccn(-c3ccccc3[N+](=O)[O-])n2)CCCCC1. The third-order valence-corrected chi connectivity index (χ3v) is 4.60. The zero-order valence-corrected chi connectivity index (χ0v) is 15.1. The average molecular weight is 380 g/mol. The number of nitro groups is 1. The number of amides is 1. The molecule has 1 heterocycles. The minimum atomic E-state index is -0.474. The van der Waals surface area contributed by atoms with Crippen LogP contribution in [0.4, 0.5) is 5.69 Å². The van der Waals surface area contributed by atoms with Crippen molar-refractivity contribution in [2.24, 2.45) is 5.73 Å². The zero-order chi connectivity index (χ0) is 17.9. The van der Waals surface area contributed by atoms with Gasteiger partial charge in [-0.05, 0) is 25.0 Å². The summed E-state index contributed by atoms with van der Waals surface area (Å²) in [6.07, 6.45) is 6.69. The van der Waals surface area contributed by atoms with Crippen molar-refractivity contribution < 1.29 is 9.72 Å². The molecule has 1 fully saturated rings. The van der Waals surface area contributed by atoms with E-state index in [1.807, 2.05) is 0 Å². The predicted octanol–water partition coefficient (Wildman–Crippen LogP) is 2.59. The Morgan fingerprint density at radius 1 is 1.27 bits per heavy atom. The number of hydrogen-bond acceptors (Lipinski definition) is 5. The van der Waals surface area contributed by atoms with Crippen molar-refractivity contribution >= 4 is 24.0 Å². The minimum absolute atomic E-state index is 0. The summed E-state index contributed by atoms with van der Waals surface area (Å²) in [5, 5.41) is 18.1. The highest BCUT2D eigenvalue weighted by atomic mass is 35.5. The van der Waals surface area contributed by atoms with Crippen LogP contribution in [0.1, 0.15) is 42.6 Å². The van der Waals surface area contributed by atoms with Crippen LogP contribution in [-0.2, 0) is 0 Å². The standard InChI is InChI=1S/C17H21N5O3.ClH/c18-17(9-4-1-5-10-17)12-19-16(23)13-8-11-21(20-13)14-6-2-3-7-15(14)22(24)25;/h2-3,6-8,11H,1,4-5,9-10,12,18H2,(H,19,23);1H. The summed E-state index contributed by atoms with van der Waals surface area (Å²) in [5.74, 6) is -0.326. The molecule has 8 nitrogen and oxygen atoms in total. The fraction of sp³-hybridized carbons (Fsp3) is 0.412. The van der Waals surface area contributed by atoms with E-state index >= 15 is 0 Å². The number of nitro benzene ring substituents is 1. The van der Waals surface area contributed by atoms with Crippen LogP contribution in [0.25, 0.3) is 5.69 Å². The van der Waals surface area contributed by atoms with Crippen molar-refractivity contribution in [3.8, 4) is 5.69 Å². The molecule has 9 heteroatoms. The quantitative estimate of drug-likeness (QED) is 0.611. The monoisotopic (exact) mass is 379 g/mol. The number of carbonyl (C=O) groups excluding carboxylic acids is 1. The number of nitrogens with one attached hydrogen (secondary N) is 1. The second kappa shape index (κ2) is 8.29. The molecule has 0 unspecified atom stereocenters. The Morgan fingerprint density at radius 2 is 1.96 bits per heavy atom. The molecular formula is C17H22ClN5O3. The number of halogens is 1. The molecule has 3 rings (SSSR count). The van der Waals surface area contributed by atoms with Gasteiger partial charge in [0.2, 0.25) is 0 Å². The summed E-state index contributed by atoms with van der Waals surface area (Å²) in [6, 6.07) is 7.80. The Bertz CT molecular complexity index is 786. The second-order valence-electron chi connectivity index (χ2n) is 6.50. The lowest BCUT2D eigenvalue weighted by Gasteiger charge is -2.33. The van der Waals surface area contributed by atoms with E-state index in [4.69, 9.17) is 5.73 Å². The molecule has 3 N–H and O–H groups in total. The topological polar surface area (TPSA) is 116 Å². The molecule has 0 saturated heterocycles. The first-order valence-electron chi connectivity index (χ1n) is 8.35. The molecule has 0 atom stereocenters. The third kappa shape index (κ3) is 4.39. The number of nitrogens with zero attached hydrogens (tertiary/aromatic N) is 3. The van der Waals surface area contributed by atoms with Gasteiger partial charge in [0.05, 0.1) is 4.92 Å². The summed E-state index contributed by atoms with van der Waals surface area (Å²) >= 11 is 0. The third-order valence-electron chi connectivity index (χ3n) is 4.60. The fourth-order valence-electron chi connectivity index (χ4n) is 3.17. The number of aromatic nitrogens is 2. The largest absolute Gasteiger partial charge is 0.349 e. The van der Waals surface area contributed by atoms with Gasteiger partial charge in [-0.3, -0.25) is 14.9 Å². The first-order chi connectivity index (χ1) is 12.0. The van der Waals surface area contributed by atoms with Gasteiger partial charge in [-0.25, -0.2) is 4.68 Å². The smallest absolute Gasteiger partial charge is 0.294 e. The number of benzene rings is 1. The average Bonchev–Trinajstić information content (AvgIpc) is 3.10. The van der Waals surface area contributed by atoms with Gasteiger partial charge in [0, 0.05) is 24.3 Å². The molecule has 1 amide bonds. The molecule has 1 aromatic carbocycles. The van der Waals surface area contributed by atoms with E-state index in [1.165, 1.54) is 29.4 Å². The van der Waals surface area contributed by atoms with E-state index in [-0.39, 0.29) is 35.2 Å². The Hall–Kier alpha value is -2.45. The van der Waals surface area contributed by atoms with Gasteiger partial charge in [0.25, 0.3) is 11.6 Å². The summed E-state index contributed by atoms with van der Waals surface area (Å²) < 4.78 is 1.34. The lowest BCUT2D eigenvalue weighted by atomic mass is 9.82. The zero-order valence-electron chi connectivity index (χ0n) is 14.3. The molecular weight excluding hydrogens is 358 g/mol. The van der Waals surface area contributed by atoms with Crippen molar-refractivity contribution in [2.75, 3.05) is 6.54 Å². The number of para-hydroxylation sites is 2. The van der Waals surface area contributed by atoms with Crippen molar-refractivity contribution in [1.82, 2.24) is 15.1 Å². The molecule has 140 valence electrons. The van der Waals surface area contributed by atoms with Crippen LogP contribution in [-0.4, -0.2) is 32.7 Å². The first kappa shape index (κ1) is 19.9. The van der Waals surface area contributed by atoms with E-state index in [2.05, 4.69) is 10.4 Å². The Morgan fingerprint density at radius 3 is 2.65 bits per heavy atom. The maximum atomic E-state index is 12.3. The second-order valence-corrected chi connectivity index (χ2v) is 6.50. The van der Waals surface area contributed by atoms with Crippen molar-refractivity contribution in [3.05, 3.63) is 52.3 Å². The van der Waals surface area contributed by atoms with Crippen LogP contribution in [0.5, 0.6) is 0 Å². The molecule has 2 aromatic rings. The molecule has 1 aliphatic rings. The van der Waals surface area contributed by atoms with E-state index in [1.54, 1.807) is 18.2 Å². The summed E-state index contributed by atoms with van der Waals surface area (Å²) in [4.78, 5) is 23.0. The summed E-state index contributed by atoms with van der Waals surface area (Å²) in [7, 11) is 0. The van der Waals surface area contributed by atoms with Crippen LogP contribution in [0, 0.1) is 10.1 Å². The number of carbonyl (C=O) groups is 1. The lowest BCUT2D eigenvalue weighted by Crippen LogP contribution is -2.51. The van der Waals surface area contributed by atoms with E-state index in [0.717, 1.165) is 25.7 Å². The minimum Gasteiger partial charge on any atom is -0.349 e. The highest BCUT2D eigenvalue weighted by molar-refractivity contribution is 5.92. The normalized spacial score (nSPS) is 15.7. The van der Waals surface area contributed by atoms with Gasteiger partial charge in [-0.2, -0.15) is 5.10 Å². The fourth-order valence-corrected chi connectivity index (χ4v) is 3.17. The van der Waals surface area contributed by atoms with Crippen molar-refractivity contribution in [1.29, 1.82) is 0 Å². The summed E-state index contributed by atoms with van der Waals surface area (Å²) in [6.45, 7) is 0.407. The summed E-state index contributed by atoms with van der Waals surface area (Å²) in [5.41, 5.74) is 6.42. The van der Waals surface area contributed by atoms with E-state index < -0.39 is 4.92 Å². The molecule has 1 saturated carbocycles. The molecule has 0 spiro atoms. The maximum absolute atomic E-state index is 12.3. The van der Waals surface area contributed by atoms with Crippen LogP contribution in [0.15, 0.2) is 36.5 Å². The van der Waals surface area contributed by atoms with Crippen LogP contribution >= 0.6 is 12.4 Å². The van der Waals surface area contributed by atoms with Gasteiger partial charge in [0.15, 0.2) is 5.69 Å². The van der Waals surface area contributed by atoms with E-state index in [0.29, 0.717) is 12.2 Å². The molecule has 1 aliphatic carbocycles. The van der Waals surface area contributed by atoms with Gasteiger partial charge in [-0.1, -0.05) is 31.4 Å². The Balaban J connectivity index is 0.00000243. The Labute approximate surface area is 157 Å². The molecule has 0 aliphatic heterocycles. The van der Waals surface area contributed by atoms with Gasteiger partial charge < -0.3 is 11.1 Å². The van der Waals surface area contributed by atoms with Crippen LogP contribution in [0.3, 0.4) is 0 Å². The number of nitrogens with two attached hydrogens (primary N) is 1. The highest BCUT2D eigenvalue weighted by Crippen LogP contribution is 2.25. The molecule has 1 aromatic heterocycles. The lowest BCUT2D eigenvalue weighted by molar-refractivity contribution is -0.384. The molecule has 0 radical (unpaired) electrons. The van der Waals surface area contributed by atoms with E-state index in [9.17, 15) is 14.9 Å². The van der Waals surface area contributed by atoms with Crippen LogP contribution < -0.4 is 11.1 Å². The van der Waals surface area contributed by atoms with Crippen LogP contribution in [0.2, 0.25) is 0 Å². The number of rotatable bonds is 5. The molecule has 26 heavy (non-hydrogen) atoms. The van der Waals surface area contributed by atoms with Gasteiger partial charge >= 0.3 is 0 Å². The first-order valence-corrected chi connectivity index (χ1v) is 8.35. The number of hydrogen-bond donors (Lipinski definition) is 2. The Kier molecular flexibility index (Phi) is 6.33. The van der Waals surface area contributed by atoms with Crippen molar-refractivity contribution in [3.63, 3.8) is 0 Å².